The van der Waals surface area contributed by atoms with E-state index in [-0.39, 0.29) is 5.56 Å². The average molecular weight is 547 g/mol. The zero-order valence-electron chi connectivity index (χ0n) is 22.8. The second-order valence-corrected chi connectivity index (χ2v) is 10.4. The molecule has 5 aromatic rings. The van der Waals surface area contributed by atoms with Crippen molar-refractivity contribution in [3.05, 3.63) is 106 Å². The number of nitrogens with zero attached hydrogens (tertiary/aromatic N) is 4. The Labute approximate surface area is 237 Å². The first kappa shape index (κ1) is 25.1. The van der Waals surface area contributed by atoms with E-state index in [1.807, 2.05) is 62.0 Å². The van der Waals surface area contributed by atoms with Crippen molar-refractivity contribution in [2.24, 2.45) is 7.05 Å². The molecule has 2 aliphatic rings. The summed E-state index contributed by atoms with van der Waals surface area (Å²) < 4.78 is 13.7. The fraction of sp³-hybridized carbons (Fsp3) is 0.219. The quantitative estimate of drug-likeness (QED) is 0.304. The summed E-state index contributed by atoms with van der Waals surface area (Å²) in [7, 11) is 1.90. The number of benzene rings is 2. The van der Waals surface area contributed by atoms with Crippen LogP contribution < -0.4 is 20.5 Å². The number of ether oxygens (including phenoxy) is 2. The van der Waals surface area contributed by atoms with Crippen LogP contribution in [0, 0.1) is 0 Å². The molecule has 41 heavy (non-hydrogen) atoms. The molecular weight excluding hydrogens is 516 g/mol. The van der Waals surface area contributed by atoms with Crippen molar-refractivity contribution in [1.82, 2.24) is 19.7 Å². The number of aromatic amines is 1. The molecule has 0 radical (unpaired) electrons. The summed E-state index contributed by atoms with van der Waals surface area (Å²) in [5.74, 6) is 1.61. The molecule has 5 heterocycles. The fourth-order valence-electron chi connectivity index (χ4n) is 5.48. The first-order valence-electron chi connectivity index (χ1n) is 13.8. The zero-order valence-corrected chi connectivity index (χ0v) is 22.8. The number of fused-ring (bicyclic) bond motifs is 2. The average Bonchev–Trinajstić information content (AvgIpc) is 3.45. The molecule has 0 atom stereocenters. The highest BCUT2D eigenvalue weighted by Crippen LogP contribution is 2.43. The van der Waals surface area contributed by atoms with E-state index in [2.05, 4.69) is 43.5 Å². The van der Waals surface area contributed by atoms with Crippen LogP contribution in [0.2, 0.25) is 0 Å². The lowest BCUT2D eigenvalue weighted by atomic mass is 9.96. The third-order valence-electron chi connectivity index (χ3n) is 7.57. The number of aromatic nitrogens is 4. The molecule has 0 bridgehead atoms. The van der Waals surface area contributed by atoms with Crippen LogP contribution in [-0.2, 0) is 24.8 Å². The largest absolute Gasteiger partial charge is 0.456 e. The van der Waals surface area contributed by atoms with E-state index in [1.54, 1.807) is 10.7 Å². The van der Waals surface area contributed by atoms with E-state index in [0.717, 1.165) is 81.6 Å². The van der Waals surface area contributed by atoms with Crippen molar-refractivity contribution >= 4 is 11.4 Å². The molecular formula is C32H30N6O3. The summed E-state index contributed by atoms with van der Waals surface area (Å²) in [5.41, 5.74) is 8.65. The standard InChI is InChI=1S/C32H30N6O3/c1-37-20-24(19-35-37)28-13-21(7-8-33-28)18-34-25-5-6-30-23(15-25)14-22-3-2-4-27(32(22)41-30)29-16-26(17-31(39)36-29)38-9-11-40-12-10-38/h2-8,13,15-17,19-20,34H,9-12,14,18H2,1H3,(H,36,39). The van der Waals surface area contributed by atoms with Gasteiger partial charge in [0.1, 0.15) is 11.5 Å². The number of morpholine rings is 1. The summed E-state index contributed by atoms with van der Waals surface area (Å²) in [4.78, 5) is 22.3. The van der Waals surface area contributed by atoms with Gasteiger partial charge in [-0.15, -0.1) is 0 Å². The van der Waals surface area contributed by atoms with Crippen LogP contribution in [0.3, 0.4) is 0 Å². The maximum atomic E-state index is 12.6. The van der Waals surface area contributed by atoms with Crippen LogP contribution in [0.15, 0.2) is 84.0 Å². The summed E-state index contributed by atoms with van der Waals surface area (Å²) in [5, 5.41) is 7.79. The minimum atomic E-state index is -0.129. The van der Waals surface area contributed by atoms with Crippen LogP contribution in [0.5, 0.6) is 11.5 Å². The van der Waals surface area contributed by atoms with E-state index in [9.17, 15) is 4.79 Å². The number of anilines is 2. The number of hydrogen-bond donors (Lipinski definition) is 2. The smallest absolute Gasteiger partial charge is 0.250 e. The Morgan fingerprint density at radius 1 is 1.02 bits per heavy atom. The van der Waals surface area contributed by atoms with Gasteiger partial charge in [0.2, 0.25) is 5.56 Å². The molecule has 2 aromatic carbocycles. The van der Waals surface area contributed by atoms with Gasteiger partial charge >= 0.3 is 0 Å². The number of aryl methyl sites for hydroxylation is 1. The second kappa shape index (κ2) is 10.6. The van der Waals surface area contributed by atoms with Gasteiger partial charge in [-0.1, -0.05) is 12.1 Å². The third kappa shape index (κ3) is 5.19. The molecule has 0 amide bonds. The highest BCUT2D eigenvalue weighted by atomic mass is 16.5. The Morgan fingerprint density at radius 3 is 2.78 bits per heavy atom. The van der Waals surface area contributed by atoms with E-state index in [1.165, 1.54) is 0 Å². The van der Waals surface area contributed by atoms with E-state index in [4.69, 9.17) is 9.47 Å². The normalized spacial score (nSPS) is 14.2. The predicted octanol–water partition coefficient (Wildman–Crippen LogP) is 4.98. The molecule has 9 heteroatoms. The van der Waals surface area contributed by atoms with Crippen LogP contribution in [0.4, 0.5) is 11.4 Å². The first-order chi connectivity index (χ1) is 20.1. The van der Waals surface area contributed by atoms with Crippen molar-refractivity contribution in [1.29, 1.82) is 0 Å². The summed E-state index contributed by atoms with van der Waals surface area (Å²) in [6.07, 6.45) is 6.36. The van der Waals surface area contributed by atoms with Gasteiger partial charge in [0.25, 0.3) is 0 Å². The Balaban J connectivity index is 1.10. The van der Waals surface area contributed by atoms with Crippen LogP contribution >= 0.6 is 0 Å². The van der Waals surface area contributed by atoms with Crippen LogP contribution in [0.25, 0.3) is 22.5 Å². The minimum Gasteiger partial charge on any atom is -0.456 e. The number of para-hydroxylation sites is 1. The second-order valence-electron chi connectivity index (χ2n) is 10.4. The molecule has 0 spiro atoms. The van der Waals surface area contributed by atoms with Gasteiger partial charge in [0, 0.05) is 79.6 Å². The molecule has 0 aliphatic carbocycles. The Kier molecular flexibility index (Phi) is 6.48. The Bertz CT molecular complexity index is 1790. The van der Waals surface area contributed by atoms with Crippen molar-refractivity contribution in [3.8, 4) is 34.0 Å². The highest BCUT2D eigenvalue weighted by molar-refractivity contribution is 5.74. The van der Waals surface area contributed by atoms with E-state index < -0.39 is 0 Å². The van der Waals surface area contributed by atoms with Gasteiger partial charge in [-0.05, 0) is 53.6 Å². The molecule has 206 valence electrons. The predicted molar refractivity (Wildman–Crippen MR) is 159 cm³/mol. The lowest BCUT2D eigenvalue weighted by Crippen LogP contribution is -2.36. The van der Waals surface area contributed by atoms with E-state index >= 15 is 0 Å². The molecule has 2 N–H and O–H groups in total. The fourth-order valence-corrected chi connectivity index (χ4v) is 5.48. The number of H-pyrrole nitrogens is 1. The summed E-state index contributed by atoms with van der Waals surface area (Å²) >= 11 is 0. The number of pyridine rings is 2. The number of rotatable bonds is 6. The van der Waals surface area contributed by atoms with Gasteiger partial charge in [-0.2, -0.15) is 5.10 Å². The third-order valence-corrected chi connectivity index (χ3v) is 7.57. The van der Waals surface area contributed by atoms with E-state index in [0.29, 0.717) is 19.8 Å². The van der Waals surface area contributed by atoms with Gasteiger partial charge in [0.15, 0.2) is 0 Å². The van der Waals surface area contributed by atoms with Gasteiger partial charge < -0.3 is 24.7 Å². The molecule has 0 unspecified atom stereocenters. The topological polar surface area (TPSA) is 97.3 Å². The molecule has 0 saturated carbocycles. The van der Waals surface area contributed by atoms with Gasteiger partial charge in [0.05, 0.1) is 30.8 Å². The Morgan fingerprint density at radius 2 is 1.93 bits per heavy atom. The first-order valence-corrected chi connectivity index (χ1v) is 13.8. The molecule has 1 fully saturated rings. The van der Waals surface area contributed by atoms with Gasteiger partial charge in [-0.3, -0.25) is 14.5 Å². The Hall–Kier alpha value is -4.89. The molecule has 3 aromatic heterocycles. The molecule has 9 nitrogen and oxygen atoms in total. The van der Waals surface area contributed by atoms with Crippen molar-refractivity contribution in [2.75, 3.05) is 36.5 Å². The maximum Gasteiger partial charge on any atom is 0.250 e. The minimum absolute atomic E-state index is 0.129. The van der Waals surface area contributed by atoms with Gasteiger partial charge in [-0.25, -0.2) is 0 Å². The van der Waals surface area contributed by atoms with Crippen molar-refractivity contribution in [2.45, 2.75) is 13.0 Å². The van der Waals surface area contributed by atoms with Crippen molar-refractivity contribution < 1.29 is 9.47 Å². The summed E-state index contributed by atoms with van der Waals surface area (Å²) in [6.45, 7) is 3.53. The molecule has 2 aliphatic heterocycles. The number of nitrogens with one attached hydrogen (secondary N) is 2. The lowest BCUT2D eigenvalue weighted by molar-refractivity contribution is 0.122. The highest BCUT2D eigenvalue weighted by Gasteiger charge is 2.22. The van der Waals surface area contributed by atoms with Crippen molar-refractivity contribution in [3.63, 3.8) is 0 Å². The van der Waals surface area contributed by atoms with Crippen LogP contribution in [-0.4, -0.2) is 46.1 Å². The maximum absolute atomic E-state index is 12.6. The lowest BCUT2D eigenvalue weighted by Gasteiger charge is -2.29. The molecule has 1 saturated heterocycles. The zero-order chi connectivity index (χ0) is 27.8. The summed E-state index contributed by atoms with van der Waals surface area (Å²) in [6, 6.07) is 20.1. The monoisotopic (exact) mass is 546 g/mol. The van der Waals surface area contributed by atoms with Crippen LogP contribution in [0.1, 0.15) is 16.7 Å². The number of hydrogen-bond acceptors (Lipinski definition) is 7. The SMILES string of the molecule is Cn1cc(-c2cc(CNc3ccc4c(c3)Cc3cccc(-c5cc(N6CCOCC6)cc(=O)[nH]5)c3O4)ccn2)cn1. The molecule has 7 rings (SSSR count).